The second-order valence-corrected chi connectivity index (χ2v) is 6.01. The average molecular weight is 239 g/mol. The van der Waals surface area contributed by atoms with E-state index in [1.54, 1.807) is 4.90 Å². The van der Waals surface area contributed by atoms with Crippen LogP contribution >= 0.6 is 0 Å². The summed E-state index contributed by atoms with van der Waals surface area (Å²) in [7, 11) is 0. The molecule has 17 heavy (non-hydrogen) atoms. The second-order valence-electron chi connectivity index (χ2n) is 6.01. The van der Waals surface area contributed by atoms with E-state index in [-0.39, 0.29) is 23.8 Å². The summed E-state index contributed by atoms with van der Waals surface area (Å²) >= 11 is 0. The van der Waals surface area contributed by atoms with Crippen LogP contribution in [-0.4, -0.2) is 35.0 Å². The van der Waals surface area contributed by atoms with Crippen LogP contribution in [0.2, 0.25) is 0 Å². The topological polar surface area (TPSA) is 46.6 Å². The van der Waals surface area contributed by atoms with Crippen LogP contribution in [0.5, 0.6) is 0 Å². The highest BCUT2D eigenvalue weighted by atomic mass is 16.6. The van der Waals surface area contributed by atoms with Gasteiger partial charge in [0.15, 0.2) is 5.78 Å². The first-order valence-corrected chi connectivity index (χ1v) is 6.42. The van der Waals surface area contributed by atoms with Crippen molar-refractivity contribution in [2.24, 2.45) is 5.92 Å². The minimum absolute atomic E-state index is 0.211. The van der Waals surface area contributed by atoms with Crippen molar-refractivity contribution in [2.75, 3.05) is 6.54 Å². The molecule has 0 aromatic carbocycles. The largest absolute Gasteiger partial charge is 0.444 e. The molecule has 2 fully saturated rings. The Bertz CT molecular complexity index is 328. The summed E-state index contributed by atoms with van der Waals surface area (Å²) < 4.78 is 5.34. The third-order valence-electron chi connectivity index (χ3n) is 3.19. The first-order valence-electron chi connectivity index (χ1n) is 6.42. The zero-order chi connectivity index (χ0) is 12.6. The van der Waals surface area contributed by atoms with Crippen LogP contribution in [-0.2, 0) is 9.53 Å². The van der Waals surface area contributed by atoms with Gasteiger partial charge in [-0.15, -0.1) is 0 Å². The van der Waals surface area contributed by atoms with Crippen molar-refractivity contribution in [1.29, 1.82) is 0 Å². The molecular formula is C13H21NO3. The standard InChI is InChI=1S/C13H21NO3/c1-13(2,3)17-12(16)14-8-4-5-10(14)11(15)9-6-7-9/h9-10H,4-8H2,1-3H3. The number of carbonyl (C=O) groups excluding carboxylic acids is 2. The number of ether oxygens (including phenoxy) is 1. The van der Waals surface area contributed by atoms with Gasteiger partial charge < -0.3 is 4.74 Å². The smallest absolute Gasteiger partial charge is 0.410 e. The molecule has 1 saturated carbocycles. The van der Waals surface area contributed by atoms with E-state index < -0.39 is 5.60 Å². The lowest BCUT2D eigenvalue weighted by Gasteiger charge is -2.27. The van der Waals surface area contributed by atoms with Crippen LogP contribution < -0.4 is 0 Å². The van der Waals surface area contributed by atoms with Gasteiger partial charge in [0.1, 0.15) is 5.60 Å². The molecule has 0 radical (unpaired) electrons. The van der Waals surface area contributed by atoms with Crippen molar-refractivity contribution in [3.8, 4) is 0 Å². The number of hydrogen-bond acceptors (Lipinski definition) is 3. The van der Waals surface area contributed by atoms with Gasteiger partial charge in [-0.05, 0) is 46.5 Å². The summed E-state index contributed by atoms with van der Waals surface area (Å²) in [4.78, 5) is 25.6. The van der Waals surface area contributed by atoms with Gasteiger partial charge >= 0.3 is 6.09 Å². The number of hydrogen-bond donors (Lipinski definition) is 0. The first-order chi connectivity index (χ1) is 7.88. The molecule has 0 spiro atoms. The maximum absolute atomic E-state index is 12.0. The molecule has 1 heterocycles. The molecular weight excluding hydrogens is 218 g/mol. The Morgan fingerprint density at radius 2 is 1.82 bits per heavy atom. The Morgan fingerprint density at radius 3 is 2.35 bits per heavy atom. The van der Waals surface area contributed by atoms with Gasteiger partial charge in [0.05, 0.1) is 6.04 Å². The SMILES string of the molecule is CC(C)(C)OC(=O)N1CCCC1C(=O)C1CC1. The zero-order valence-corrected chi connectivity index (χ0v) is 10.9. The maximum atomic E-state index is 12.0. The molecule has 1 atom stereocenters. The number of rotatable bonds is 2. The quantitative estimate of drug-likeness (QED) is 0.743. The van der Waals surface area contributed by atoms with Crippen LogP contribution in [0.4, 0.5) is 4.79 Å². The lowest BCUT2D eigenvalue weighted by molar-refractivity contribution is -0.124. The van der Waals surface area contributed by atoms with E-state index in [4.69, 9.17) is 4.74 Å². The highest BCUT2D eigenvalue weighted by Crippen LogP contribution is 2.34. The fraction of sp³-hybridized carbons (Fsp3) is 0.846. The molecule has 1 aliphatic heterocycles. The Balaban J connectivity index is 1.98. The lowest BCUT2D eigenvalue weighted by Crippen LogP contribution is -2.43. The first kappa shape index (κ1) is 12.4. The Labute approximate surface area is 102 Å². The molecule has 2 aliphatic rings. The molecule has 4 heteroatoms. The Kier molecular flexibility index (Phi) is 3.15. The minimum atomic E-state index is -0.493. The van der Waals surface area contributed by atoms with E-state index in [1.807, 2.05) is 20.8 Å². The van der Waals surface area contributed by atoms with Crippen LogP contribution in [0.3, 0.4) is 0 Å². The van der Waals surface area contributed by atoms with Crippen LogP contribution in [0.25, 0.3) is 0 Å². The fourth-order valence-electron chi connectivity index (χ4n) is 2.24. The average Bonchev–Trinajstić information content (AvgIpc) is 2.91. The molecule has 4 nitrogen and oxygen atoms in total. The van der Waals surface area contributed by atoms with Crippen molar-refractivity contribution in [1.82, 2.24) is 4.90 Å². The Hall–Kier alpha value is -1.06. The molecule has 0 N–H and O–H groups in total. The fourth-order valence-corrected chi connectivity index (χ4v) is 2.24. The number of nitrogens with zero attached hydrogens (tertiary/aromatic N) is 1. The van der Waals surface area contributed by atoms with Gasteiger partial charge in [-0.25, -0.2) is 4.79 Å². The van der Waals surface area contributed by atoms with Gasteiger partial charge in [0, 0.05) is 12.5 Å². The number of amides is 1. The van der Waals surface area contributed by atoms with E-state index in [0.717, 1.165) is 25.7 Å². The van der Waals surface area contributed by atoms with E-state index in [1.165, 1.54) is 0 Å². The van der Waals surface area contributed by atoms with Crippen molar-refractivity contribution in [3.63, 3.8) is 0 Å². The highest BCUT2D eigenvalue weighted by molar-refractivity contribution is 5.91. The third kappa shape index (κ3) is 2.99. The predicted octanol–water partition coefficient (Wildman–Crippen LogP) is 2.37. The van der Waals surface area contributed by atoms with Gasteiger partial charge in [-0.3, -0.25) is 9.69 Å². The molecule has 1 unspecified atom stereocenters. The lowest BCUT2D eigenvalue weighted by atomic mass is 10.1. The van der Waals surface area contributed by atoms with Gasteiger partial charge in [0.2, 0.25) is 0 Å². The minimum Gasteiger partial charge on any atom is -0.444 e. The predicted molar refractivity (Wildman–Crippen MR) is 63.7 cm³/mol. The molecule has 2 rings (SSSR count). The zero-order valence-electron chi connectivity index (χ0n) is 10.9. The van der Waals surface area contributed by atoms with E-state index >= 15 is 0 Å². The van der Waals surface area contributed by atoms with Crippen molar-refractivity contribution in [3.05, 3.63) is 0 Å². The van der Waals surface area contributed by atoms with E-state index in [0.29, 0.717) is 6.54 Å². The number of Topliss-reactive ketones (excluding diaryl/α,β-unsaturated/α-hetero) is 1. The maximum Gasteiger partial charge on any atom is 0.410 e. The van der Waals surface area contributed by atoms with E-state index in [9.17, 15) is 9.59 Å². The van der Waals surface area contributed by atoms with Gasteiger partial charge in [-0.1, -0.05) is 0 Å². The van der Waals surface area contributed by atoms with E-state index in [2.05, 4.69) is 0 Å². The molecule has 96 valence electrons. The second kappa shape index (κ2) is 4.31. The summed E-state index contributed by atoms with van der Waals surface area (Å²) in [6.07, 6.45) is 3.36. The highest BCUT2D eigenvalue weighted by Gasteiger charge is 2.42. The summed E-state index contributed by atoms with van der Waals surface area (Å²) in [5.74, 6) is 0.455. The normalized spacial score (nSPS) is 24.9. The molecule has 0 aromatic rings. The third-order valence-corrected chi connectivity index (χ3v) is 3.19. The molecule has 1 amide bonds. The number of ketones is 1. The number of likely N-dealkylation sites (tertiary alicyclic amines) is 1. The summed E-state index contributed by atoms with van der Waals surface area (Å²) in [6, 6.07) is -0.225. The molecule has 1 aliphatic carbocycles. The monoisotopic (exact) mass is 239 g/mol. The Morgan fingerprint density at radius 1 is 1.18 bits per heavy atom. The van der Waals surface area contributed by atoms with Crippen LogP contribution in [0.1, 0.15) is 46.5 Å². The molecule has 1 saturated heterocycles. The van der Waals surface area contributed by atoms with Gasteiger partial charge in [0.25, 0.3) is 0 Å². The summed E-state index contributed by atoms with van der Waals surface area (Å²) in [5.41, 5.74) is -0.493. The van der Waals surface area contributed by atoms with Crippen molar-refractivity contribution >= 4 is 11.9 Å². The van der Waals surface area contributed by atoms with Crippen molar-refractivity contribution in [2.45, 2.75) is 58.1 Å². The van der Waals surface area contributed by atoms with Gasteiger partial charge in [-0.2, -0.15) is 0 Å². The van der Waals surface area contributed by atoms with Crippen molar-refractivity contribution < 1.29 is 14.3 Å². The van der Waals surface area contributed by atoms with Crippen LogP contribution in [0, 0.1) is 5.92 Å². The molecule has 0 aromatic heterocycles. The summed E-state index contributed by atoms with van der Waals surface area (Å²) in [5, 5.41) is 0. The number of carbonyl (C=O) groups is 2. The molecule has 0 bridgehead atoms. The summed E-state index contributed by atoms with van der Waals surface area (Å²) in [6.45, 7) is 6.19. The van der Waals surface area contributed by atoms with Crippen LogP contribution in [0.15, 0.2) is 0 Å².